The van der Waals surface area contributed by atoms with E-state index in [4.69, 9.17) is 11.0 Å². The fraction of sp³-hybridized carbons (Fsp3) is 0.458. The van der Waals surface area contributed by atoms with Gasteiger partial charge in [0.05, 0.1) is 35.0 Å². The largest absolute Gasteiger partial charge is 0.417 e. The van der Waals surface area contributed by atoms with E-state index in [1.54, 1.807) is 22.8 Å². The number of hydrogen-bond acceptors (Lipinski definition) is 6. The predicted octanol–water partition coefficient (Wildman–Crippen LogP) is 2.77. The van der Waals surface area contributed by atoms with E-state index in [0.29, 0.717) is 43.9 Å². The highest BCUT2D eigenvalue weighted by Gasteiger charge is 2.43. The summed E-state index contributed by atoms with van der Waals surface area (Å²) >= 11 is 0. The summed E-state index contributed by atoms with van der Waals surface area (Å²) in [5.41, 5.74) is 5.52. The van der Waals surface area contributed by atoms with E-state index < -0.39 is 29.1 Å². The molecule has 2 atom stereocenters. The van der Waals surface area contributed by atoms with Crippen LogP contribution >= 0.6 is 0 Å². The number of rotatable bonds is 4. The number of hydrogen-bond donors (Lipinski definition) is 1. The lowest BCUT2D eigenvalue weighted by molar-refractivity contribution is -0.137. The molecule has 2 N–H and O–H groups in total. The summed E-state index contributed by atoms with van der Waals surface area (Å²) in [5.74, 6) is -1.27. The lowest BCUT2D eigenvalue weighted by Gasteiger charge is -2.36. The fourth-order valence-electron chi connectivity index (χ4n) is 5.08. The molecule has 0 bridgehead atoms. The molecule has 1 aromatic heterocycles. The second-order valence-corrected chi connectivity index (χ2v) is 9.09. The van der Waals surface area contributed by atoms with Gasteiger partial charge < -0.3 is 15.5 Å². The van der Waals surface area contributed by atoms with Crippen LogP contribution in [0.25, 0.3) is 0 Å². The number of piperidine rings is 1. The first-order chi connectivity index (χ1) is 16.6. The van der Waals surface area contributed by atoms with Gasteiger partial charge in [0.15, 0.2) is 0 Å². The van der Waals surface area contributed by atoms with Crippen molar-refractivity contribution in [1.29, 1.82) is 5.26 Å². The first-order valence-corrected chi connectivity index (χ1v) is 11.3. The van der Waals surface area contributed by atoms with E-state index in [1.165, 1.54) is 18.5 Å². The molecule has 8 nitrogen and oxygen atoms in total. The summed E-state index contributed by atoms with van der Waals surface area (Å²) < 4.78 is 40.3. The van der Waals surface area contributed by atoms with Crippen LogP contribution in [0.4, 0.5) is 18.9 Å². The van der Waals surface area contributed by atoms with Gasteiger partial charge in [-0.3, -0.25) is 14.6 Å². The smallest absolute Gasteiger partial charge is 0.370 e. The van der Waals surface area contributed by atoms with Gasteiger partial charge in [-0.05, 0) is 49.8 Å². The zero-order valence-electron chi connectivity index (χ0n) is 19.1. The van der Waals surface area contributed by atoms with Gasteiger partial charge in [0, 0.05) is 38.1 Å². The van der Waals surface area contributed by atoms with E-state index in [2.05, 4.69) is 9.97 Å². The summed E-state index contributed by atoms with van der Waals surface area (Å²) in [6.45, 7) is 3.33. The predicted molar refractivity (Wildman–Crippen MR) is 120 cm³/mol. The van der Waals surface area contributed by atoms with Crippen molar-refractivity contribution in [3.63, 3.8) is 0 Å². The zero-order valence-corrected chi connectivity index (χ0v) is 19.1. The molecule has 2 aliphatic heterocycles. The number of alkyl halides is 3. The molecule has 184 valence electrons. The topological polar surface area (TPSA) is 116 Å². The number of likely N-dealkylation sites (tertiary alicyclic amines) is 1. The van der Waals surface area contributed by atoms with E-state index in [1.807, 2.05) is 0 Å². The Kier molecular flexibility index (Phi) is 6.65. The van der Waals surface area contributed by atoms with Gasteiger partial charge in [0.1, 0.15) is 5.69 Å². The third-order valence-electron chi connectivity index (χ3n) is 6.96. The quantitative estimate of drug-likeness (QED) is 0.711. The Morgan fingerprint density at radius 3 is 2.43 bits per heavy atom. The average Bonchev–Trinajstić information content (AvgIpc) is 3.29. The van der Waals surface area contributed by atoms with Gasteiger partial charge in [-0.15, -0.1) is 0 Å². The number of aromatic nitrogens is 2. The van der Waals surface area contributed by atoms with Crippen molar-refractivity contribution in [1.82, 2.24) is 14.9 Å². The highest BCUT2D eigenvalue weighted by molar-refractivity contribution is 5.92. The number of nitrogens with zero attached hydrogens (tertiary/aromatic N) is 5. The highest BCUT2D eigenvalue weighted by Crippen LogP contribution is 2.40. The number of anilines is 1. The number of nitrogens with two attached hydrogens (primary N) is 1. The number of carbonyl (C=O) groups is 2. The van der Waals surface area contributed by atoms with Gasteiger partial charge in [-0.1, -0.05) is 0 Å². The second kappa shape index (κ2) is 9.52. The van der Waals surface area contributed by atoms with Crippen LogP contribution in [0, 0.1) is 36.0 Å². The van der Waals surface area contributed by atoms with E-state index in [0.717, 1.165) is 12.1 Å². The number of nitriles is 1. The van der Waals surface area contributed by atoms with Crippen LogP contribution in [-0.4, -0.2) is 52.9 Å². The molecule has 0 radical (unpaired) electrons. The van der Waals surface area contributed by atoms with Crippen LogP contribution < -0.4 is 10.6 Å². The van der Waals surface area contributed by atoms with E-state index in [-0.39, 0.29) is 30.0 Å². The third-order valence-corrected chi connectivity index (χ3v) is 6.96. The molecule has 0 saturated carbocycles. The Labute approximate surface area is 200 Å². The van der Waals surface area contributed by atoms with Crippen LogP contribution in [0.5, 0.6) is 0 Å². The van der Waals surface area contributed by atoms with Crippen molar-refractivity contribution < 1.29 is 22.8 Å². The second-order valence-electron chi connectivity index (χ2n) is 9.09. The van der Waals surface area contributed by atoms with Crippen molar-refractivity contribution in [3.05, 3.63) is 53.1 Å². The molecule has 35 heavy (non-hydrogen) atoms. The molecule has 2 aromatic rings. The SMILES string of the molecule is Cc1cnc(C(=O)N2CCC([C@@H]3CN(c4ccc(C#N)c(C(F)(F)F)c4)C[C@H]3C(N)=O)CC2)cn1. The van der Waals surface area contributed by atoms with Crippen molar-refractivity contribution in [2.24, 2.45) is 23.5 Å². The van der Waals surface area contributed by atoms with E-state index >= 15 is 0 Å². The molecule has 1 aromatic carbocycles. The lowest BCUT2D eigenvalue weighted by Crippen LogP contribution is -2.43. The minimum Gasteiger partial charge on any atom is -0.370 e. The summed E-state index contributed by atoms with van der Waals surface area (Å²) in [6, 6.07) is 5.17. The molecule has 2 aliphatic rings. The molecule has 2 saturated heterocycles. The number of benzene rings is 1. The first-order valence-electron chi connectivity index (χ1n) is 11.3. The summed E-state index contributed by atoms with van der Waals surface area (Å²) in [5, 5.41) is 9.05. The number of primary amides is 1. The van der Waals surface area contributed by atoms with Gasteiger partial charge in [0.25, 0.3) is 5.91 Å². The van der Waals surface area contributed by atoms with Gasteiger partial charge in [-0.25, -0.2) is 4.98 Å². The minimum atomic E-state index is -4.66. The van der Waals surface area contributed by atoms with Gasteiger partial charge in [0.2, 0.25) is 5.91 Å². The normalized spacial score (nSPS) is 21.1. The molecule has 2 fully saturated rings. The number of aryl methyl sites for hydroxylation is 1. The average molecular weight is 486 g/mol. The molecule has 11 heteroatoms. The Hall–Kier alpha value is -3.68. The molecule has 4 rings (SSSR count). The van der Waals surface area contributed by atoms with Crippen molar-refractivity contribution in [3.8, 4) is 6.07 Å². The summed E-state index contributed by atoms with van der Waals surface area (Å²) in [6.07, 6.45) is -0.375. The van der Waals surface area contributed by atoms with Crippen LogP contribution in [0.2, 0.25) is 0 Å². The van der Waals surface area contributed by atoms with Crippen molar-refractivity contribution >= 4 is 17.5 Å². The Morgan fingerprint density at radius 1 is 1.14 bits per heavy atom. The Bertz CT molecular complexity index is 1150. The number of carbonyl (C=O) groups excluding carboxylic acids is 2. The van der Waals surface area contributed by atoms with Gasteiger partial charge in [-0.2, -0.15) is 18.4 Å². The van der Waals surface area contributed by atoms with Crippen LogP contribution in [0.15, 0.2) is 30.6 Å². The van der Waals surface area contributed by atoms with Gasteiger partial charge >= 0.3 is 6.18 Å². The number of amides is 2. The standard InChI is InChI=1S/C24H25F3N6O2/c1-14-10-31-21(11-30-14)23(35)32-6-4-15(5-7-32)18-12-33(13-19(18)22(29)34)17-3-2-16(9-28)20(8-17)24(25,26)27/h2-3,8,10-11,15,18-19H,4-7,12-13H2,1H3,(H2,29,34)/t18-,19+/m0/s1. The van der Waals surface area contributed by atoms with E-state index in [9.17, 15) is 22.8 Å². The van der Waals surface area contributed by atoms with Crippen LogP contribution in [0.3, 0.4) is 0 Å². The lowest BCUT2D eigenvalue weighted by atomic mass is 9.78. The Morgan fingerprint density at radius 2 is 1.86 bits per heavy atom. The monoisotopic (exact) mass is 486 g/mol. The molecule has 0 spiro atoms. The maximum absolute atomic E-state index is 13.4. The third kappa shape index (κ3) is 5.06. The Balaban J connectivity index is 1.47. The molecule has 3 heterocycles. The fourth-order valence-corrected chi connectivity index (χ4v) is 5.08. The van der Waals surface area contributed by atoms with Crippen LogP contribution in [0.1, 0.15) is 40.2 Å². The molecule has 0 aliphatic carbocycles. The summed E-state index contributed by atoms with van der Waals surface area (Å²) in [7, 11) is 0. The maximum atomic E-state index is 13.4. The molecular weight excluding hydrogens is 461 g/mol. The molecule has 2 amide bonds. The summed E-state index contributed by atoms with van der Waals surface area (Å²) in [4.78, 5) is 36.7. The molecular formula is C24H25F3N6O2. The molecule has 0 unspecified atom stereocenters. The highest BCUT2D eigenvalue weighted by atomic mass is 19.4. The maximum Gasteiger partial charge on any atom is 0.417 e. The minimum absolute atomic E-state index is 0.0890. The van der Waals surface area contributed by atoms with Crippen molar-refractivity contribution in [2.45, 2.75) is 25.9 Å². The zero-order chi connectivity index (χ0) is 25.3. The number of halogens is 3. The first kappa shape index (κ1) is 24.4. The van der Waals surface area contributed by atoms with Crippen LogP contribution in [-0.2, 0) is 11.0 Å². The van der Waals surface area contributed by atoms with Crippen molar-refractivity contribution in [2.75, 3.05) is 31.1 Å².